The smallest absolute Gasteiger partial charge is 0.151 e. The van der Waals surface area contributed by atoms with Crippen molar-refractivity contribution in [3.8, 4) is 0 Å². The molecule has 0 aliphatic carbocycles. The maximum Gasteiger partial charge on any atom is 0.151 e. The molecule has 1 fully saturated rings. The molecule has 0 saturated carbocycles. The van der Waals surface area contributed by atoms with Gasteiger partial charge in [0.15, 0.2) is 9.84 Å². The van der Waals surface area contributed by atoms with Crippen molar-refractivity contribution < 1.29 is 8.42 Å². The summed E-state index contributed by atoms with van der Waals surface area (Å²) in [5.41, 5.74) is 1.97. The van der Waals surface area contributed by atoms with Gasteiger partial charge in [-0.05, 0) is 25.6 Å². The first-order valence-corrected chi connectivity index (χ1v) is 8.61. The average Bonchev–Trinajstić information content (AvgIpc) is 2.79. The molecule has 106 valence electrons. The minimum atomic E-state index is -2.83. The molecule has 0 N–H and O–H groups in total. The summed E-state index contributed by atoms with van der Waals surface area (Å²) in [5.74, 6) is 0.588. The third-order valence-corrected chi connectivity index (χ3v) is 5.65. The molecule has 1 aliphatic heterocycles. The van der Waals surface area contributed by atoms with Gasteiger partial charge in [0.1, 0.15) is 0 Å². The standard InChI is InChI=1S/C15H18N2O2S/c1-17(14-8-9-20(18,19)11-14)10-13-7-6-12-4-2-3-5-15(12)16-13/h2-7,14H,8-11H2,1H3. The Morgan fingerprint density at radius 3 is 2.80 bits per heavy atom. The number of para-hydroxylation sites is 1. The Balaban J connectivity index is 1.76. The summed E-state index contributed by atoms with van der Waals surface area (Å²) in [6.45, 7) is 0.686. The Hall–Kier alpha value is -1.46. The van der Waals surface area contributed by atoms with Crippen molar-refractivity contribution in [1.82, 2.24) is 9.88 Å². The zero-order chi connectivity index (χ0) is 14.2. The summed E-state index contributed by atoms with van der Waals surface area (Å²) in [7, 11) is -0.855. The van der Waals surface area contributed by atoms with Crippen molar-refractivity contribution in [2.45, 2.75) is 19.0 Å². The molecule has 5 heteroatoms. The van der Waals surface area contributed by atoms with E-state index in [2.05, 4.69) is 16.0 Å². The molecule has 2 aromatic rings. The lowest BCUT2D eigenvalue weighted by atomic mass is 10.2. The number of pyridine rings is 1. The van der Waals surface area contributed by atoms with Crippen LogP contribution in [0.1, 0.15) is 12.1 Å². The van der Waals surface area contributed by atoms with Crippen LogP contribution in [0.2, 0.25) is 0 Å². The third-order valence-electron chi connectivity index (χ3n) is 3.90. The van der Waals surface area contributed by atoms with E-state index in [1.807, 2.05) is 37.4 Å². The molecular formula is C15H18N2O2S. The number of hydrogen-bond acceptors (Lipinski definition) is 4. The number of rotatable bonds is 3. The van der Waals surface area contributed by atoms with Crippen LogP contribution >= 0.6 is 0 Å². The number of nitrogens with zero attached hydrogens (tertiary/aromatic N) is 2. The van der Waals surface area contributed by atoms with Gasteiger partial charge in [-0.2, -0.15) is 0 Å². The second kappa shape index (κ2) is 5.14. The largest absolute Gasteiger partial charge is 0.297 e. The van der Waals surface area contributed by atoms with Gasteiger partial charge in [-0.25, -0.2) is 8.42 Å². The SMILES string of the molecule is CN(Cc1ccc2ccccc2n1)C1CCS(=O)(=O)C1. The van der Waals surface area contributed by atoms with Crippen LogP contribution in [0.25, 0.3) is 10.9 Å². The van der Waals surface area contributed by atoms with E-state index in [9.17, 15) is 8.42 Å². The van der Waals surface area contributed by atoms with Gasteiger partial charge in [0.2, 0.25) is 0 Å². The molecule has 2 heterocycles. The predicted molar refractivity (Wildman–Crippen MR) is 80.3 cm³/mol. The van der Waals surface area contributed by atoms with E-state index >= 15 is 0 Å². The Kier molecular flexibility index (Phi) is 3.48. The first kappa shape index (κ1) is 13.5. The third kappa shape index (κ3) is 2.83. The highest BCUT2D eigenvalue weighted by Crippen LogP contribution is 2.19. The number of benzene rings is 1. The molecule has 1 saturated heterocycles. The van der Waals surface area contributed by atoms with Crippen LogP contribution in [0.3, 0.4) is 0 Å². The molecule has 4 nitrogen and oxygen atoms in total. The first-order valence-electron chi connectivity index (χ1n) is 6.79. The molecule has 1 unspecified atom stereocenters. The molecular weight excluding hydrogens is 272 g/mol. The first-order chi connectivity index (χ1) is 9.53. The fourth-order valence-electron chi connectivity index (χ4n) is 2.70. The van der Waals surface area contributed by atoms with E-state index in [1.165, 1.54) is 0 Å². The van der Waals surface area contributed by atoms with Gasteiger partial charge in [0.25, 0.3) is 0 Å². The van der Waals surface area contributed by atoms with Gasteiger partial charge < -0.3 is 0 Å². The highest BCUT2D eigenvalue weighted by molar-refractivity contribution is 7.91. The van der Waals surface area contributed by atoms with E-state index < -0.39 is 9.84 Å². The van der Waals surface area contributed by atoms with Crippen molar-refractivity contribution in [3.63, 3.8) is 0 Å². The van der Waals surface area contributed by atoms with Gasteiger partial charge in [0, 0.05) is 18.0 Å². The Morgan fingerprint density at radius 1 is 1.25 bits per heavy atom. The quantitative estimate of drug-likeness (QED) is 0.865. The monoisotopic (exact) mass is 290 g/mol. The summed E-state index contributed by atoms with van der Waals surface area (Å²) in [6.07, 6.45) is 0.729. The van der Waals surface area contributed by atoms with Gasteiger partial charge in [0.05, 0.1) is 22.7 Å². The van der Waals surface area contributed by atoms with Crippen LogP contribution in [0.4, 0.5) is 0 Å². The highest BCUT2D eigenvalue weighted by Gasteiger charge is 2.30. The zero-order valence-corrected chi connectivity index (χ0v) is 12.3. The van der Waals surface area contributed by atoms with E-state index in [-0.39, 0.29) is 11.8 Å². The lowest BCUT2D eigenvalue weighted by Crippen LogP contribution is -2.32. The van der Waals surface area contributed by atoms with E-state index in [0.29, 0.717) is 12.3 Å². The molecule has 1 atom stereocenters. The Morgan fingerprint density at radius 2 is 2.05 bits per heavy atom. The second-order valence-corrected chi connectivity index (χ2v) is 7.70. The van der Waals surface area contributed by atoms with Crippen molar-refractivity contribution in [2.75, 3.05) is 18.6 Å². The van der Waals surface area contributed by atoms with Gasteiger partial charge in [-0.15, -0.1) is 0 Å². The van der Waals surface area contributed by atoms with Gasteiger partial charge in [-0.1, -0.05) is 24.3 Å². The van der Waals surface area contributed by atoms with Crippen LogP contribution in [-0.2, 0) is 16.4 Å². The molecule has 0 radical (unpaired) electrons. The van der Waals surface area contributed by atoms with Crippen LogP contribution in [0, 0.1) is 0 Å². The highest BCUT2D eigenvalue weighted by atomic mass is 32.2. The van der Waals surface area contributed by atoms with Crippen LogP contribution in [0.15, 0.2) is 36.4 Å². The maximum atomic E-state index is 11.5. The fourth-order valence-corrected chi connectivity index (χ4v) is 4.51. The van der Waals surface area contributed by atoms with Gasteiger partial charge in [-0.3, -0.25) is 9.88 Å². The van der Waals surface area contributed by atoms with Gasteiger partial charge >= 0.3 is 0 Å². The van der Waals surface area contributed by atoms with Crippen LogP contribution < -0.4 is 0 Å². The van der Waals surface area contributed by atoms with Crippen molar-refractivity contribution in [3.05, 3.63) is 42.1 Å². The molecule has 1 aliphatic rings. The fraction of sp³-hybridized carbons (Fsp3) is 0.400. The summed E-state index contributed by atoms with van der Waals surface area (Å²) in [4.78, 5) is 6.73. The molecule has 20 heavy (non-hydrogen) atoms. The summed E-state index contributed by atoms with van der Waals surface area (Å²) < 4.78 is 23.1. The van der Waals surface area contributed by atoms with Crippen LogP contribution in [0.5, 0.6) is 0 Å². The second-order valence-electron chi connectivity index (χ2n) is 5.47. The lowest BCUT2D eigenvalue weighted by Gasteiger charge is -2.22. The maximum absolute atomic E-state index is 11.5. The van der Waals surface area contributed by atoms with E-state index in [0.717, 1.165) is 23.0 Å². The predicted octanol–water partition coefficient (Wildman–Crippen LogP) is 1.85. The Bertz CT molecular complexity index is 727. The topological polar surface area (TPSA) is 50.3 Å². The average molecular weight is 290 g/mol. The number of fused-ring (bicyclic) bond motifs is 1. The lowest BCUT2D eigenvalue weighted by molar-refractivity contribution is 0.251. The van der Waals surface area contributed by atoms with E-state index in [4.69, 9.17) is 0 Å². The number of hydrogen-bond donors (Lipinski definition) is 0. The zero-order valence-electron chi connectivity index (χ0n) is 11.5. The van der Waals surface area contributed by atoms with Crippen molar-refractivity contribution >= 4 is 20.7 Å². The summed E-state index contributed by atoms with van der Waals surface area (Å²) >= 11 is 0. The molecule has 0 amide bonds. The molecule has 3 rings (SSSR count). The number of sulfone groups is 1. The summed E-state index contributed by atoms with van der Waals surface area (Å²) in [5, 5.41) is 1.13. The molecule has 1 aromatic heterocycles. The summed E-state index contributed by atoms with van der Waals surface area (Å²) in [6, 6.07) is 12.2. The van der Waals surface area contributed by atoms with Crippen molar-refractivity contribution in [1.29, 1.82) is 0 Å². The number of aromatic nitrogens is 1. The molecule has 0 spiro atoms. The molecule has 0 bridgehead atoms. The Labute approximate surface area is 119 Å². The molecule has 1 aromatic carbocycles. The minimum absolute atomic E-state index is 0.119. The van der Waals surface area contributed by atoms with E-state index in [1.54, 1.807) is 0 Å². The van der Waals surface area contributed by atoms with Crippen molar-refractivity contribution in [2.24, 2.45) is 0 Å². The normalized spacial score (nSPS) is 21.6. The van der Waals surface area contributed by atoms with Crippen LogP contribution in [-0.4, -0.2) is 42.9 Å². The minimum Gasteiger partial charge on any atom is -0.297 e.